The molecule has 2 heterocycles. The molecule has 1 N–H and O–H groups in total. The van der Waals surface area contributed by atoms with Crippen LogP contribution >= 0.6 is 11.3 Å². The fourth-order valence-electron chi connectivity index (χ4n) is 3.49. The molecule has 0 bridgehead atoms. The maximum atomic E-state index is 12.9. The summed E-state index contributed by atoms with van der Waals surface area (Å²) in [5.74, 6) is 0.148. The number of piperazine rings is 1. The molecule has 0 saturated carbocycles. The number of thiophene rings is 1. The Bertz CT molecular complexity index is 655. The molecule has 1 saturated heterocycles. The molecule has 1 amide bonds. The molecular weight excluding hydrogens is 358 g/mol. The zero-order chi connectivity index (χ0) is 18.8. The highest BCUT2D eigenvalue weighted by Crippen LogP contribution is 2.20. The minimum Gasteiger partial charge on any atom is -0.333 e. The molecule has 0 spiro atoms. The van der Waals surface area contributed by atoms with Crippen LogP contribution in [0.5, 0.6) is 0 Å². The van der Waals surface area contributed by atoms with Crippen LogP contribution in [0.15, 0.2) is 21.7 Å². The molecule has 1 fully saturated rings. The molecule has 0 aromatic carbocycles. The second-order valence-electron chi connectivity index (χ2n) is 7.15. The van der Waals surface area contributed by atoms with Gasteiger partial charge in [-0.3, -0.25) is 4.79 Å². The minimum absolute atomic E-state index is 0.148. The Morgan fingerprint density at radius 1 is 1.16 bits per heavy atom. The molecule has 1 aliphatic heterocycles. The first-order chi connectivity index (χ1) is 11.7. The summed E-state index contributed by atoms with van der Waals surface area (Å²) in [6.07, 6.45) is 0. The van der Waals surface area contributed by atoms with E-state index in [2.05, 4.69) is 0 Å². The first-order valence-corrected chi connectivity index (χ1v) is 11.2. The lowest BCUT2D eigenvalue weighted by Gasteiger charge is -2.38. The van der Waals surface area contributed by atoms with Crippen molar-refractivity contribution in [3.05, 3.63) is 17.5 Å². The van der Waals surface area contributed by atoms with E-state index in [1.807, 2.05) is 39.5 Å². The van der Waals surface area contributed by atoms with Crippen LogP contribution < -0.4 is 4.90 Å². The van der Waals surface area contributed by atoms with E-state index in [-0.39, 0.29) is 24.0 Å². The summed E-state index contributed by atoms with van der Waals surface area (Å²) in [7, 11) is -3.39. The van der Waals surface area contributed by atoms with Gasteiger partial charge in [0.15, 0.2) is 6.04 Å². The summed E-state index contributed by atoms with van der Waals surface area (Å²) in [4.78, 5) is 15.9. The normalized spacial score (nSPS) is 18.7. The molecular formula is C17H30N3O3S2+. The van der Waals surface area contributed by atoms with Gasteiger partial charge in [0, 0.05) is 12.1 Å². The predicted molar refractivity (Wildman–Crippen MR) is 100 cm³/mol. The zero-order valence-electron chi connectivity index (χ0n) is 15.7. The van der Waals surface area contributed by atoms with E-state index in [1.54, 1.807) is 21.8 Å². The van der Waals surface area contributed by atoms with Gasteiger partial charge in [0.25, 0.3) is 15.9 Å². The molecule has 1 aliphatic rings. The standard InChI is InChI=1S/C17H29N3O3S2/c1-13(2)20(14(3)4)17(21)15(5)18-8-10-19(11-9-18)25(22,23)16-7-6-12-24-16/h6-7,12-15H,8-11H2,1-5H3/p+1/t15-/m0/s1. The summed E-state index contributed by atoms with van der Waals surface area (Å²) >= 11 is 1.25. The predicted octanol–water partition coefficient (Wildman–Crippen LogP) is 0.671. The van der Waals surface area contributed by atoms with Crippen molar-refractivity contribution in [3.63, 3.8) is 0 Å². The third kappa shape index (κ3) is 4.42. The number of carbonyl (C=O) groups excluding carboxylic acids is 1. The molecule has 1 atom stereocenters. The van der Waals surface area contributed by atoms with E-state index < -0.39 is 10.0 Å². The quantitative estimate of drug-likeness (QED) is 0.779. The SMILES string of the molecule is CC(C)N(C(=O)[C@H](C)[NH+]1CCN(S(=O)(=O)c2cccs2)CC1)C(C)C. The van der Waals surface area contributed by atoms with Crippen molar-refractivity contribution < 1.29 is 18.1 Å². The first-order valence-electron chi connectivity index (χ1n) is 8.86. The van der Waals surface area contributed by atoms with Gasteiger partial charge in [-0.15, -0.1) is 11.3 Å². The van der Waals surface area contributed by atoms with Crippen LogP contribution in [0.25, 0.3) is 0 Å². The Hall–Kier alpha value is -0.960. The molecule has 6 nitrogen and oxygen atoms in total. The minimum atomic E-state index is -3.39. The van der Waals surface area contributed by atoms with Gasteiger partial charge in [0.2, 0.25) is 0 Å². The van der Waals surface area contributed by atoms with E-state index in [1.165, 1.54) is 11.3 Å². The maximum absolute atomic E-state index is 12.9. The van der Waals surface area contributed by atoms with Crippen molar-refractivity contribution in [2.75, 3.05) is 26.2 Å². The average Bonchev–Trinajstić information content (AvgIpc) is 3.08. The molecule has 142 valence electrons. The van der Waals surface area contributed by atoms with Crippen LogP contribution in [0.2, 0.25) is 0 Å². The van der Waals surface area contributed by atoms with Crippen LogP contribution in [0.4, 0.5) is 0 Å². The Morgan fingerprint density at radius 2 is 1.72 bits per heavy atom. The number of nitrogens with zero attached hydrogens (tertiary/aromatic N) is 2. The van der Waals surface area contributed by atoms with Crippen molar-refractivity contribution in [2.45, 2.75) is 57.0 Å². The number of nitrogens with one attached hydrogen (secondary N) is 1. The Kier molecular flexibility index (Phi) is 6.64. The second-order valence-corrected chi connectivity index (χ2v) is 10.3. The number of sulfonamides is 1. The number of amides is 1. The molecule has 2 rings (SSSR count). The van der Waals surface area contributed by atoms with Crippen molar-refractivity contribution >= 4 is 27.3 Å². The van der Waals surface area contributed by atoms with Gasteiger partial charge in [-0.25, -0.2) is 8.42 Å². The van der Waals surface area contributed by atoms with Crippen LogP contribution in [0, 0.1) is 0 Å². The van der Waals surface area contributed by atoms with Gasteiger partial charge >= 0.3 is 0 Å². The molecule has 0 radical (unpaired) electrons. The van der Waals surface area contributed by atoms with E-state index in [9.17, 15) is 13.2 Å². The zero-order valence-corrected chi connectivity index (χ0v) is 17.4. The average molecular weight is 389 g/mol. The van der Waals surface area contributed by atoms with E-state index in [0.717, 1.165) is 4.90 Å². The molecule has 25 heavy (non-hydrogen) atoms. The topological polar surface area (TPSA) is 62.1 Å². The lowest BCUT2D eigenvalue weighted by Crippen LogP contribution is -3.19. The van der Waals surface area contributed by atoms with Gasteiger partial charge in [0.05, 0.1) is 26.2 Å². The van der Waals surface area contributed by atoms with Gasteiger partial charge < -0.3 is 9.80 Å². The van der Waals surface area contributed by atoms with Gasteiger partial charge in [-0.1, -0.05) is 6.07 Å². The van der Waals surface area contributed by atoms with Gasteiger partial charge in [0.1, 0.15) is 4.21 Å². The molecule has 8 heteroatoms. The van der Waals surface area contributed by atoms with Gasteiger partial charge in [-0.05, 0) is 46.1 Å². The molecule has 0 aliphatic carbocycles. The fraction of sp³-hybridized carbons (Fsp3) is 0.706. The summed E-state index contributed by atoms with van der Waals surface area (Å²) in [6.45, 7) is 12.3. The van der Waals surface area contributed by atoms with Crippen molar-refractivity contribution in [2.24, 2.45) is 0 Å². The number of carbonyl (C=O) groups is 1. The van der Waals surface area contributed by atoms with Gasteiger partial charge in [-0.2, -0.15) is 4.31 Å². The lowest BCUT2D eigenvalue weighted by molar-refractivity contribution is -0.918. The highest BCUT2D eigenvalue weighted by Gasteiger charge is 2.37. The third-order valence-corrected chi connectivity index (χ3v) is 8.08. The first kappa shape index (κ1) is 20.4. The van der Waals surface area contributed by atoms with Crippen LogP contribution in [-0.2, 0) is 14.8 Å². The molecule has 0 unspecified atom stereocenters. The smallest absolute Gasteiger partial charge is 0.281 e. The summed E-state index contributed by atoms with van der Waals surface area (Å²) in [5.41, 5.74) is 0. The summed E-state index contributed by atoms with van der Waals surface area (Å²) < 4.78 is 27.1. The summed E-state index contributed by atoms with van der Waals surface area (Å²) in [5, 5.41) is 1.78. The van der Waals surface area contributed by atoms with Crippen LogP contribution in [-0.4, -0.2) is 67.8 Å². The number of hydrogen-bond acceptors (Lipinski definition) is 4. The van der Waals surface area contributed by atoms with Crippen molar-refractivity contribution in [3.8, 4) is 0 Å². The van der Waals surface area contributed by atoms with Crippen molar-refractivity contribution in [1.82, 2.24) is 9.21 Å². The molecule has 1 aromatic heterocycles. The highest BCUT2D eigenvalue weighted by atomic mass is 32.2. The second kappa shape index (κ2) is 8.16. The van der Waals surface area contributed by atoms with Crippen molar-refractivity contribution in [1.29, 1.82) is 0 Å². The Balaban J connectivity index is 2.01. The van der Waals surface area contributed by atoms with E-state index in [4.69, 9.17) is 0 Å². The Labute approximate surface area is 155 Å². The summed E-state index contributed by atoms with van der Waals surface area (Å²) in [6, 6.07) is 3.57. The third-order valence-electron chi connectivity index (χ3n) is 4.80. The number of rotatable bonds is 6. The van der Waals surface area contributed by atoms with E-state index in [0.29, 0.717) is 30.4 Å². The van der Waals surface area contributed by atoms with Crippen LogP contribution in [0.1, 0.15) is 34.6 Å². The van der Waals surface area contributed by atoms with Crippen LogP contribution in [0.3, 0.4) is 0 Å². The highest BCUT2D eigenvalue weighted by molar-refractivity contribution is 7.91. The Morgan fingerprint density at radius 3 is 2.16 bits per heavy atom. The monoisotopic (exact) mass is 388 g/mol. The molecule has 1 aromatic rings. The number of hydrogen-bond donors (Lipinski definition) is 1. The number of quaternary nitrogens is 1. The fourth-order valence-corrected chi connectivity index (χ4v) is 6.07. The van der Waals surface area contributed by atoms with E-state index >= 15 is 0 Å². The lowest BCUT2D eigenvalue weighted by atomic mass is 10.1. The maximum Gasteiger partial charge on any atom is 0.281 e. The largest absolute Gasteiger partial charge is 0.333 e.